The van der Waals surface area contributed by atoms with Crippen LogP contribution in [0.25, 0.3) is 0 Å². The SMILES string of the molecule is CCCNCC(OCC1CC1)c1cccc(F)c1. The van der Waals surface area contributed by atoms with Gasteiger partial charge in [-0.25, -0.2) is 4.39 Å². The Kier molecular flexibility index (Phi) is 5.14. The topological polar surface area (TPSA) is 21.3 Å². The van der Waals surface area contributed by atoms with Gasteiger partial charge in [0, 0.05) is 6.54 Å². The molecule has 0 saturated heterocycles. The minimum atomic E-state index is -0.192. The molecule has 1 aromatic rings. The largest absolute Gasteiger partial charge is 0.372 e. The van der Waals surface area contributed by atoms with Crippen LogP contribution in [0.3, 0.4) is 0 Å². The Morgan fingerprint density at radius 1 is 1.44 bits per heavy atom. The molecule has 18 heavy (non-hydrogen) atoms. The van der Waals surface area contributed by atoms with Gasteiger partial charge in [0.25, 0.3) is 0 Å². The molecule has 2 rings (SSSR count). The van der Waals surface area contributed by atoms with E-state index in [4.69, 9.17) is 4.74 Å². The monoisotopic (exact) mass is 251 g/mol. The summed E-state index contributed by atoms with van der Waals surface area (Å²) in [4.78, 5) is 0. The maximum atomic E-state index is 13.3. The smallest absolute Gasteiger partial charge is 0.123 e. The highest BCUT2D eigenvalue weighted by Crippen LogP contribution is 2.31. The molecule has 1 N–H and O–H groups in total. The Balaban J connectivity index is 1.92. The van der Waals surface area contributed by atoms with E-state index in [0.717, 1.165) is 37.6 Å². The first-order valence-electron chi connectivity index (χ1n) is 6.87. The molecule has 0 aromatic heterocycles. The van der Waals surface area contributed by atoms with Gasteiger partial charge in [0.2, 0.25) is 0 Å². The molecule has 1 aliphatic rings. The van der Waals surface area contributed by atoms with Crippen LogP contribution >= 0.6 is 0 Å². The van der Waals surface area contributed by atoms with Gasteiger partial charge in [0.15, 0.2) is 0 Å². The maximum absolute atomic E-state index is 13.3. The maximum Gasteiger partial charge on any atom is 0.123 e. The van der Waals surface area contributed by atoms with E-state index in [1.165, 1.54) is 18.9 Å². The van der Waals surface area contributed by atoms with Crippen LogP contribution in [-0.2, 0) is 4.74 Å². The van der Waals surface area contributed by atoms with E-state index in [-0.39, 0.29) is 11.9 Å². The van der Waals surface area contributed by atoms with Crippen molar-refractivity contribution in [2.75, 3.05) is 19.7 Å². The first-order chi connectivity index (χ1) is 8.79. The fraction of sp³-hybridized carbons (Fsp3) is 0.600. The highest BCUT2D eigenvalue weighted by Gasteiger charge is 2.23. The van der Waals surface area contributed by atoms with Gasteiger partial charge in [0.05, 0.1) is 12.7 Å². The molecule has 0 aliphatic heterocycles. The lowest BCUT2D eigenvalue weighted by molar-refractivity contribution is 0.0452. The van der Waals surface area contributed by atoms with Gasteiger partial charge in [0.1, 0.15) is 5.82 Å². The Morgan fingerprint density at radius 3 is 2.94 bits per heavy atom. The van der Waals surface area contributed by atoms with Crippen molar-refractivity contribution < 1.29 is 9.13 Å². The minimum Gasteiger partial charge on any atom is -0.372 e. The Morgan fingerprint density at radius 2 is 2.28 bits per heavy atom. The molecule has 100 valence electrons. The zero-order valence-corrected chi connectivity index (χ0v) is 11.0. The third kappa shape index (κ3) is 4.39. The third-order valence-electron chi connectivity index (χ3n) is 3.21. The molecule has 3 heteroatoms. The van der Waals surface area contributed by atoms with Gasteiger partial charge in [-0.15, -0.1) is 0 Å². The fourth-order valence-electron chi connectivity index (χ4n) is 1.93. The van der Waals surface area contributed by atoms with E-state index >= 15 is 0 Å². The molecule has 1 atom stereocenters. The van der Waals surface area contributed by atoms with Crippen LogP contribution in [0.2, 0.25) is 0 Å². The van der Waals surface area contributed by atoms with Crippen molar-refractivity contribution in [1.29, 1.82) is 0 Å². The molecule has 0 spiro atoms. The molecule has 0 heterocycles. The number of ether oxygens (including phenoxy) is 1. The summed E-state index contributed by atoms with van der Waals surface area (Å²) in [6.45, 7) is 4.66. The van der Waals surface area contributed by atoms with Crippen molar-refractivity contribution in [3.63, 3.8) is 0 Å². The average molecular weight is 251 g/mol. The van der Waals surface area contributed by atoms with Crippen LogP contribution in [0, 0.1) is 11.7 Å². The summed E-state index contributed by atoms with van der Waals surface area (Å²) in [5.41, 5.74) is 0.930. The van der Waals surface area contributed by atoms with Crippen LogP contribution in [0.4, 0.5) is 4.39 Å². The second-order valence-electron chi connectivity index (χ2n) is 5.02. The van der Waals surface area contributed by atoms with E-state index in [1.54, 1.807) is 12.1 Å². The molecule has 1 saturated carbocycles. The minimum absolute atomic E-state index is 0.0344. The molecule has 1 aromatic carbocycles. The zero-order valence-electron chi connectivity index (χ0n) is 11.0. The Bertz CT molecular complexity index is 365. The predicted octanol–water partition coefficient (Wildman–Crippen LogP) is 3.29. The van der Waals surface area contributed by atoms with E-state index in [9.17, 15) is 4.39 Å². The molecule has 1 aliphatic carbocycles. The highest BCUT2D eigenvalue weighted by molar-refractivity contribution is 5.19. The van der Waals surface area contributed by atoms with Gasteiger partial charge < -0.3 is 10.1 Å². The molecule has 1 unspecified atom stereocenters. The van der Waals surface area contributed by atoms with E-state index < -0.39 is 0 Å². The summed E-state index contributed by atoms with van der Waals surface area (Å²) in [7, 11) is 0. The van der Waals surface area contributed by atoms with Crippen molar-refractivity contribution in [2.24, 2.45) is 5.92 Å². The lowest BCUT2D eigenvalue weighted by Crippen LogP contribution is -2.24. The van der Waals surface area contributed by atoms with E-state index in [1.807, 2.05) is 6.07 Å². The van der Waals surface area contributed by atoms with Gasteiger partial charge >= 0.3 is 0 Å². The summed E-state index contributed by atoms with van der Waals surface area (Å²) in [6.07, 6.45) is 3.61. The fourth-order valence-corrected chi connectivity index (χ4v) is 1.93. The molecule has 0 bridgehead atoms. The predicted molar refractivity (Wildman–Crippen MR) is 71.0 cm³/mol. The van der Waals surface area contributed by atoms with Crippen molar-refractivity contribution in [3.05, 3.63) is 35.6 Å². The first-order valence-corrected chi connectivity index (χ1v) is 6.87. The second-order valence-corrected chi connectivity index (χ2v) is 5.02. The Hall–Kier alpha value is -0.930. The number of hydrogen-bond acceptors (Lipinski definition) is 2. The molecule has 0 amide bonds. The van der Waals surface area contributed by atoms with Gasteiger partial charge in [-0.2, -0.15) is 0 Å². The standard InChI is InChI=1S/C15H22FNO/c1-2-8-17-10-15(18-11-12-6-7-12)13-4-3-5-14(16)9-13/h3-5,9,12,15,17H,2,6-8,10-11H2,1H3. The lowest BCUT2D eigenvalue weighted by Gasteiger charge is -2.19. The normalized spacial score (nSPS) is 16.8. The van der Waals surface area contributed by atoms with E-state index in [2.05, 4.69) is 12.2 Å². The van der Waals surface area contributed by atoms with Crippen LogP contribution in [0.5, 0.6) is 0 Å². The summed E-state index contributed by atoms with van der Waals surface area (Å²) in [5, 5.41) is 3.35. The van der Waals surface area contributed by atoms with Crippen molar-refractivity contribution in [1.82, 2.24) is 5.32 Å². The number of nitrogens with one attached hydrogen (secondary N) is 1. The quantitative estimate of drug-likeness (QED) is 0.716. The van der Waals surface area contributed by atoms with Crippen LogP contribution in [-0.4, -0.2) is 19.7 Å². The third-order valence-corrected chi connectivity index (χ3v) is 3.21. The number of rotatable bonds is 8. The number of benzene rings is 1. The summed E-state index contributed by atoms with van der Waals surface area (Å²) < 4.78 is 19.2. The lowest BCUT2D eigenvalue weighted by atomic mass is 10.1. The van der Waals surface area contributed by atoms with E-state index in [0.29, 0.717) is 0 Å². The first kappa shape index (κ1) is 13.5. The number of halogens is 1. The highest BCUT2D eigenvalue weighted by atomic mass is 19.1. The molecular formula is C15H22FNO. The second kappa shape index (κ2) is 6.86. The zero-order chi connectivity index (χ0) is 12.8. The molecular weight excluding hydrogens is 229 g/mol. The Labute approximate surface area is 109 Å². The van der Waals surface area contributed by atoms with Crippen molar-refractivity contribution in [3.8, 4) is 0 Å². The van der Waals surface area contributed by atoms with Crippen molar-refractivity contribution >= 4 is 0 Å². The van der Waals surface area contributed by atoms with Crippen LogP contribution in [0.1, 0.15) is 37.9 Å². The summed E-state index contributed by atoms with van der Waals surface area (Å²) in [5.74, 6) is 0.537. The summed E-state index contributed by atoms with van der Waals surface area (Å²) in [6, 6.07) is 6.73. The molecule has 2 nitrogen and oxygen atoms in total. The van der Waals surface area contributed by atoms with Crippen LogP contribution in [0.15, 0.2) is 24.3 Å². The number of hydrogen-bond donors (Lipinski definition) is 1. The molecule has 0 radical (unpaired) electrons. The van der Waals surface area contributed by atoms with Gasteiger partial charge in [-0.3, -0.25) is 0 Å². The molecule has 1 fully saturated rings. The van der Waals surface area contributed by atoms with Crippen LogP contribution < -0.4 is 5.32 Å². The van der Waals surface area contributed by atoms with Gasteiger partial charge in [-0.05, 0) is 49.4 Å². The van der Waals surface area contributed by atoms with Gasteiger partial charge in [-0.1, -0.05) is 19.1 Å². The average Bonchev–Trinajstić information content (AvgIpc) is 3.17. The summed E-state index contributed by atoms with van der Waals surface area (Å²) >= 11 is 0. The van der Waals surface area contributed by atoms with Crippen molar-refractivity contribution in [2.45, 2.75) is 32.3 Å².